The van der Waals surface area contributed by atoms with Crippen LogP contribution in [-0.4, -0.2) is 25.4 Å². The molecular weight excluding hydrogens is 282 g/mol. The molecule has 0 spiro atoms. The van der Waals surface area contributed by atoms with E-state index in [0.717, 1.165) is 12.3 Å². The quantitative estimate of drug-likeness (QED) is 0.614. The highest BCUT2D eigenvalue weighted by atomic mass is 32.2. The van der Waals surface area contributed by atoms with Crippen LogP contribution in [-0.2, 0) is 14.6 Å². The van der Waals surface area contributed by atoms with Crippen LogP contribution in [0.15, 0.2) is 23.1 Å². The van der Waals surface area contributed by atoms with Crippen LogP contribution in [0.25, 0.3) is 0 Å². The maximum Gasteiger partial charge on any atom is 0.274 e. The Balaban J connectivity index is 3.56. The van der Waals surface area contributed by atoms with Crippen molar-refractivity contribution in [2.45, 2.75) is 31.6 Å². The summed E-state index contributed by atoms with van der Waals surface area (Å²) in [4.78, 5) is 22.1. The molecule has 0 aliphatic rings. The first-order valence-electron chi connectivity index (χ1n) is 6.04. The van der Waals surface area contributed by atoms with E-state index in [0.29, 0.717) is 0 Å². The molecule has 0 saturated heterocycles. The molecule has 0 bridgehead atoms. The molecule has 1 unspecified atom stereocenters. The van der Waals surface area contributed by atoms with Gasteiger partial charge in [-0.05, 0) is 18.9 Å². The molecule has 0 N–H and O–H groups in total. The van der Waals surface area contributed by atoms with Crippen LogP contribution in [0.1, 0.15) is 32.3 Å². The van der Waals surface area contributed by atoms with E-state index in [1.54, 1.807) is 13.8 Å². The summed E-state index contributed by atoms with van der Waals surface area (Å²) < 4.78 is 22.9. The van der Waals surface area contributed by atoms with Crippen LogP contribution >= 0.6 is 0 Å². The average molecular weight is 299 g/mol. The van der Waals surface area contributed by atoms with E-state index in [9.17, 15) is 23.3 Å². The lowest BCUT2D eigenvalue weighted by molar-refractivity contribution is -0.385. The van der Waals surface area contributed by atoms with Crippen molar-refractivity contribution in [2.75, 3.05) is 6.26 Å². The van der Waals surface area contributed by atoms with Gasteiger partial charge in [-0.1, -0.05) is 19.9 Å². The van der Waals surface area contributed by atoms with Crippen LogP contribution in [0.2, 0.25) is 0 Å². The lowest BCUT2D eigenvalue weighted by atomic mass is 9.84. The molecule has 0 fully saturated rings. The third-order valence-electron chi connectivity index (χ3n) is 3.07. The molecular formula is C13H17NO5S. The van der Waals surface area contributed by atoms with Gasteiger partial charge in [-0.25, -0.2) is 8.42 Å². The van der Waals surface area contributed by atoms with E-state index in [2.05, 4.69) is 0 Å². The molecule has 1 aromatic rings. The highest BCUT2D eigenvalue weighted by Gasteiger charge is 2.29. The molecule has 7 heteroatoms. The van der Waals surface area contributed by atoms with E-state index in [4.69, 9.17) is 0 Å². The standard InChI is InChI=1S/C13H17NO5S/c1-8(2)13(9(3)15)11-6-5-10(20(4,18)19)7-12(11)14(16)17/h5-8,13H,1-4H3. The Morgan fingerprint density at radius 1 is 1.30 bits per heavy atom. The Morgan fingerprint density at radius 2 is 1.85 bits per heavy atom. The molecule has 20 heavy (non-hydrogen) atoms. The van der Waals surface area contributed by atoms with Gasteiger partial charge in [-0.3, -0.25) is 14.9 Å². The van der Waals surface area contributed by atoms with Crippen LogP contribution < -0.4 is 0 Å². The molecule has 0 aliphatic carbocycles. The lowest BCUT2D eigenvalue weighted by Gasteiger charge is -2.18. The van der Waals surface area contributed by atoms with Crippen LogP contribution in [0, 0.1) is 16.0 Å². The fourth-order valence-corrected chi connectivity index (χ4v) is 2.86. The molecule has 0 radical (unpaired) electrons. The Bertz CT molecular complexity index is 649. The van der Waals surface area contributed by atoms with Gasteiger partial charge in [0.15, 0.2) is 9.84 Å². The number of sulfone groups is 1. The highest BCUT2D eigenvalue weighted by Crippen LogP contribution is 2.34. The maximum atomic E-state index is 11.7. The number of carbonyl (C=O) groups excluding carboxylic acids is 1. The second-order valence-corrected chi connectivity index (χ2v) is 7.10. The van der Waals surface area contributed by atoms with Crippen molar-refractivity contribution < 1.29 is 18.1 Å². The predicted octanol–water partition coefficient (Wildman–Crippen LogP) is 2.33. The van der Waals surface area contributed by atoms with Crippen LogP contribution in [0.5, 0.6) is 0 Å². The smallest absolute Gasteiger partial charge is 0.274 e. The Labute approximate surface area is 117 Å². The van der Waals surface area contributed by atoms with E-state index < -0.39 is 20.7 Å². The van der Waals surface area contributed by atoms with Crippen molar-refractivity contribution in [3.63, 3.8) is 0 Å². The molecule has 0 saturated carbocycles. The predicted molar refractivity (Wildman–Crippen MR) is 74.5 cm³/mol. The van der Waals surface area contributed by atoms with Crippen molar-refractivity contribution in [3.8, 4) is 0 Å². The second kappa shape index (κ2) is 5.70. The number of hydrogen-bond donors (Lipinski definition) is 0. The number of nitro benzene ring substituents is 1. The largest absolute Gasteiger partial charge is 0.299 e. The Kier molecular flexibility index (Phi) is 4.65. The third kappa shape index (κ3) is 3.41. The zero-order valence-electron chi connectivity index (χ0n) is 11.8. The normalized spacial score (nSPS) is 13.2. The van der Waals surface area contributed by atoms with Crippen LogP contribution in [0.4, 0.5) is 5.69 Å². The van der Waals surface area contributed by atoms with Gasteiger partial charge in [0.25, 0.3) is 5.69 Å². The fraction of sp³-hybridized carbons (Fsp3) is 0.462. The molecule has 0 amide bonds. The fourth-order valence-electron chi connectivity index (χ4n) is 2.22. The highest BCUT2D eigenvalue weighted by molar-refractivity contribution is 7.90. The van der Waals surface area contributed by atoms with Gasteiger partial charge in [0, 0.05) is 17.9 Å². The second-order valence-electron chi connectivity index (χ2n) is 5.08. The van der Waals surface area contributed by atoms with Gasteiger partial charge in [0.05, 0.1) is 15.7 Å². The first kappa shape index (κ1) is 16.3. The molecule has 0 aliphatic heterocycles. The number of ketones is 1. The summed E-state index contributed by atoms with van der Waals surface area (Å²) in [7, 11) is -3.53. The average Bonchev–Trinajstić information content (AvgIpc) is 2.26. The van der Waals surface area contributed by atoms with Crippen LogP contribution in [0.3, 0.4) is 0 Å². The van der Waals surface area contributed by atoms with E-state index >= 15 is 0 Å². The summed E-state index contributed by atoms with van der Waals surface area (Å²) >= 11 is 0. The summed E-state index contributed by atoms with van der Waals surface area (Å²) in [6.45, 7) is 4.96. The molecule has 1 atom stereocenters. The lowest BCUT2D eigenvalue weighted by Crippen LogP contribution is -2.17. The number of benzene rings is 1. The zero-order chi connectivity index (χ0) is 15.7. The molecule has 0 heterocycles. The van der Waals surface area contributed by atoms with E-state index in [1.807, 2.05) is 0 Å². The van der Waals surface area contributed by atoms with Crippen molar-refractivity contribution >= 4 is 21.3 Å². The minimum atomic E-state index is -3.53. The van der Waals surface area contributed by atoms with Gasteiger partial charge >= 0.3 is 0 Å². The summed E-state index contributed by atoms with van der Waals surface area (Å²) in [5.41, 5.74) is -0.0771. The molecule has 6 nitrogen and oxygen atoms in total. The van der Waals surface area contributed by atoms with E-state index in [-0.39, 0.29) is 27.8 Å². The molecule has 1 rings (SSSR count). The first-order valence-corrected chi connectivity index (χ1v) is 7.93. The van der Waals surface area contributed by atoms with E-state index in [1.165, 1.54) is 19.1 Å². The topological polar surface area (TPSA) is 94.3 Å². The Morgan fingerprint density at radius 3 is 2.20 bits per heavy atom. The third-order valence-corrected chi connectivity index (χ3v) is 4.18. The van der Waals surface area contributed by atoms with Crippen molar-refractivity contribution in [1.29, 1.82) is 0 Å². The zero-order valence-corrected chi connectivity index (χ0v) is 12.6. The van der Waals surface area contributed by atoms with Gasteiger partial charge < -0.3 is 0 Å². The van der Waals surface area contributed by atoms with Crippen molar-refractivity contribution in [3.05, 3.63) is 33.9 Å². The minimum absolute atomic E-state index is 0.115. The number of rotatable bonds is 5. The number of Topliss-reactive ketones (excluding diaryl/α,β-unsaturated/α-hetero) is 1. The Hall–Kier alpha value is -1.76. The summed E-state index contributed by atoms with van der Waals surface area (Å²) in [6.07, 6.45) is 0.983. The van der Waals surface area contributed by atoms with Gasteiger partial charge in [0.2, 0.25) is 0 Å². The summed E-state index contributed by atoms with van der Waals surface area (Å²) in [5.74, 6) is -0.922. The van der Waals surface area contributed by atoms with Crippen molar-refractivity contribution in [2.24, 2.45) is 5.92 Å². The van der Waals surface area contributed by atoms with Gasteiger partial charge in [-0.2, -0.15) is 0 Å². The number of hydrogen-bond acceptors (Lipinski definition) is 5. The van der Waals surface area contributed by atoms with Gasteiger partial charge in [0.1, 0.15) is 5.78 Å². The number of nitro groups is 1. The SMILES string of the molecule is CC(=O)C(c1ccc(S(C)(=O)=O)cc1[N+](=O)[O-])C(C)C. The molecule has 0 aromatic heterocycles. The maximum absolute atomic E-state index is 11.7. The summed E-state index contributed by atoms with van der Waals surface area (Å²) in [6, 6.07) is 3.68. The molecule has 1 aromatic carbocycles. The van der Waals surface area contributed by atoms with Crippen molar-refractivity contribution in [1.82, 2.24) is 0 Å². The first-order chi connectivity index (χ1) is 9.05. The number of nitrogens with zero attached hydrogens (tertiary/aromatic N) is 1. The van der Waals surface area contributed by atoms with Gasteiger partial charge in [-0.15, -0.1) is 0 Å². The molecule has 110 valence electrons. The minimum Gasteiger partial charge on any atom is -0.299 e. The number of carbonyl (C=O) groups is 1. The monoisotopic (exact) mass is 299 g/mol. The summed E-state index contributed by atoms with van der Waals surface area (Å²) in [5, 5.41) is 11.2.